The Bertz CT molecular complexity index is 656. The average molecular weight is 474 g/mol. The van der Waals surface area contributed by atoms with Crippen LogP contribution in [0.2, 0.25) is 0 Å². The van der Waals surface area contributed by atoms with Gasteiger partial charge in [0.1, 0.15) is 5.82 Å². The molecule has 0 aliphatic heterocycles. The van der Waals surface area contributed by atoms with Crippen LogP contribution in [0.3, 0.4) is 0 Å². The topological polar surface area (TPSA) is 81.1 Å². The van der Waals surface area contributed by atoms with E-state index in [0.717, 1.165) is 36.1 Å². The molecule has 1 aromatic heterocycles. The molecular weight excluding hydrogens is 447 g/mol. The molecule has 2 rings (SSSR count). The molecular formula is C17H27IN6S. The van der Waals surface area contributed by atoms with Gasteiger partial charge in [-0.15, -0.1) is 34.2 Å². The minimum absolute atomic E-state index is 0. The molecule has 138 valence electrons. The summed E-state index contributed by atoms with van der Waals surface area (Å²) in [6.45, 7) is 6.01. The van der Waals surface area contributed by atoms with Gasteiger partial charge in [0.2, 0.25) is 0 Å². The number of nitrogens with two attached hydrogens (primary N) is 1. The van der Waals surface area contributed by atoms with Crippen molar-refractivity contribution in [2.75, 3.05) is 18.1 Å². The SMILES string of the molecule is CSc1nnc(CCCN=C(N)Nc2ccccc2)n1CC(C)C.I. The highest BCUT2D eigenvalue weighted by Crippen LogP contribution is 2.16. The lowest BCUT2D eigenvalue weighted by atomic mass is 10.2. The van der Waals surface area contributed by atoms with Crippen molar-refractivity contribution in [1.82, 2.24) is 14.8 Å². The number of guanidine groups is 1. The van der Waals surface area contributed by atoms with Crippen molar-refractivity contribution in [3.63, 3.8) is 0 Å². The van der Waals surface area contributed by atoms with Crippen molar-refractivity contribution in [3.8, 4) is 0 Å². The highest BCUT2D eigenvalue weighted by Gasteiger charge is 2.12. The lowest BCUT2D eigenvalue weighted by Gasteiger charge is -2.11. The van der Waals surface area contributed by atoms with Crippen molar-refractivity contribution >= 4 is 47.4 Å². The summed E-state index contributed by atoms with van der Waals surface area (Å²) >= 11 is 1.64. The van der Waals surface area contributed by atoms with E-state index in [2.05, 4.69) is 38.9 Å². The first-order chi connectivity index (χ1) is 11.6. The molecule has 0 radical (unpaired) electrons. The van der Waals surface area contributed by atoms with Crippen LogP contribution >= 0.6 is 35.7 Å². The largest absolute Gasteiger partial charge is 0.370 e. The Morgan fingerprint density at radius 3 is 2.64 bits per heavy atom. The van der Waals surface area contributed by atoms with Crippen LogP contribution in [-0.2, 0) is 13.0 Å². The summed E-state index contributed by atoms with van der Waals surface area (Å²) in [6.07, 6.45) is 3.77. The van der Waals surface area contributed by atoms with Crippen molar-refractivity contribution < 1.29 is 0 Å². The van der Waals surface area contributed by atoms with Gasteiger partial charge in [-0.3, -0.25) is 4.99 Å². The molecule has 3 N–H and O–H groups in total. The van der Waals surface area contributed by atoms with Crippen LogP contribution in [0.15, 0.2) is 40.5 Å². The molecule has 0 amide bonds. The van der Waals surface area contributed by atoms with Crippen LogP contribution in [-0.4, -0.2) is 33.5 Å². The van der Waals surface area contributed by atoms with Crippen LogP contribution in [0.4, 0.5) is 5.69 Å². The van der Waals surface area contributed by atoms with E-state index in [1.165, 1.54) is 0 Å². The fourth-order valence-electron chi connectivity index (χ4n) is 2.35. The van der Waals surface area contributed by atoms with Crippen molar-refractivity contribution in [2.45, 2.75) is 38.4 Å². The van der Waals surface area contributed by atoms with Gasteiger partial charge in [0.25, 0.3) is 0 Å². The number of nitrogens with zero attached hydrogens (tertiary/aromatic N) is 4. The minimum atomic E-state index is 0. The van der Waals surface area contributed by atoms with Crippen molar-refractivity contribution in [3.05, 3.63) is 36.2 Å². The van der Waals surface area contributed by atoms with E-state index in [0.29, 0.717) is 18.4 Å². The number of para-hydroxylation sites is 1. The molecule has 0 bridgehead atoms. The smallest absolute Gasteiger partial charge is 0.193 e. The Hall–Kier alpha value is -1.29. The van der Waals surface area contributed by atoms with Gasteiger partial charge >= 0.3 is 0 Å². The first-order valence-electron chi connectivity index (χ1n) is 8.18. The zero-order chi connectivity index (χ0) is 17.4. The lowest BCUT2D eigenvalue weighted by molar-refractivity contribution is 0.477. The Morgan fingerprint density at radius 1 is 1.28 bits per heavy atom. The number of aryl methyl sites for hydroxylation is 1. The van der Waals surface area contributed by atoms with E-state index in [-0.39, 0.29) is 24.0 Å². The van der Waals surface area contributed by atoms with Crippen molar-refractivity contribution in [2.24, 2.45) is 16.6 Å². The second-order valence-corrected chi connectivity index (χ2v) is 6.74. The summed E-state index contributed by atoms with van der Waals surface area (Å²) in [7, 11) is 0. The third-order valence-electron chi connectivity index (χ3n) is 3.41. The summed E-state index contributed by atoms with van der Waals surface area (Å²) in [5.74, 6) is 2.03. The number of nitrogens with one attached hydrogen (secondary N) is 1. The third kappa shape index (κ3) is 7.23. The van der Waals surface area contributed by atoms with E-state index in [9.17, 15) is 0 Å². The number of thioether (sulfide) groups is 1. The molecule has 1 aromatic carbocycles. The molecule has 2 aromatic rings. The molecule has 8 heteroatoms. The predicted molar refractivity (Wildman–Crippen MR) is 117 cm³/mol. The monoisotopic (exact) mass is 474 g/mol. The molecule has 0 aliphatic carbocycles. The second-order valence-electron chi connectivity index (χ2n) is 5.97. The minimum Gasteiger partial charge on any atom is -0.370 e. The lowest BCUT2D eigenvalue weighted by Crippen LogP contribution is -2.22. The number of anilines is 1. The van der Waals surface area contributed by atoms with Gasteiger partial charge in [-0.25, -0.2) is 0 Å². The molecule has 0 saturated heterocycles. The van der Waals surface area contributed by atoms with Crippen LogP contribution in [0.1, 0.15) is 26.1 Å². The number of aromatic nitrogens is 3. The molecule has 6 nitrogen and oxygen atoms in total. The average Bonchev–Trinajstić information content (AvgIpc) is 2.93. The predicted octanol–water partition coefficient (Wildman–Crippen LogP) is 3.63. The number of aliphatic imine (C=N–C) groups is 1. The van der Waals surface area contributed by atoms with Gasteiger partial charge < -0.3 is 15.6 Å². The molecule has 1 heterocycles. The van der Waals surface area contributed by atoms with Gasteiger partial charge in [0.15, 0.2) is 11.1 Å². The number of benzene rings is 1. The Morgan fingerprint density at radius 2 is 2.00 bits per heavy atom. The van der Waals surface area contributed by atoms with Gasteiger partial charge in [-0.05, 0) is 30.7 Å². The summed E-state index contributed by atoms with van der Waals surface area (Å²) < 4.78 is 2.21. The standard InChI is InChI=1S/C17H26N6S.HI/c1-13(2)12-23-15(21-22-17(23)24-3)10-7-11-19-16(18)20-14-8-5-4-6-9-14;/h4-6,8-9,13H,7,10-12H2,1-3H3,(H3,18,19,20);1H. The third-order valence-corrected chi connectivity index (χ3v) is 4.08. The van der Waals surface area contributed by atoms with E-state index in [1.807, 2.05) is 36.6 Å². The number of rotatable bonds is 8. The highest BCUT2D eigenvalue weighted by molar-refractivity contribution is 14.0. The summed E-state index contributed by atoms with van der Waals surface area (Å²) in [4.78, 5) is 4.37. The van der Waals surface area contributed by atoms with Crippen molar-refractivity contribution in [1.29, 1.82) is 0 Å². The Kier molecular flexibility index (Phi) is 9.88. The highest BCUT2D eigenvalue weighted by atomic mass is 127. The molecule has 25 heavy (non-hydrogen) atoms. The van der Waals surface area contributed by atoms with Crippen LogP contribution < -0.4 is 11.1 Å². The van der Waals surface area contributed by atoms with E-state index in [1.54, 1.807) is 11.8 Å². The normalized spacial score (nSPS) is 11.4. The van der Waals surface area contributed by atoms with Crippen LogP contribution in [0.25, 0.3) is 0 Å². The first-order valence-corrected chi connectivity index (χ1v) is 9.40. The fourth-order valence-corrected chi connectivity index (χ4v) is 2.87. The molecule has 0 spiro atoms. The quantitative estimate of drug-likeness (QED) is 0.201. The summed E-state index contributed by atoms with van der Waals surface area (Å²) in [5, 5.41) is 12.6. The Balaban J connectivity index is 0.00000312. The van der Waals surface area contributed by atoms with Crippen LogP contribution in [0.5, 0.6) is 0 Å². The first kappa shape index (κ1) is 21.8. The molecule has 0 atom stereocenters. The maximum atomic E-state index is 5.91. The van der Waals surface area contributed by atoms with Gasteiger partial charge in [-0.2, -0.15) is 0 Å². The Labute approximate surface area is 171 Å². The van der Waals surface area contributed by atoms with Gasteiger partial charge in [0.05, 0.1) is 0 Å². The molecule has 0 unspecified atom stereocenters. The fraction of sp³-hybridized carbons (Fsp3) is 0.471. The van der Waals surface area contributed by atoms with Gasteiger partial charge in [0, 0.05) is 25.2 Å². The molecule has 0 fully saturated rings. The van der Waals surface area contributed by atoms with E-state index < -0.39 is 0 Å². The zero-order valence-corrected chi connectivity index (χ0v) is 18.1. The van der Waals surface area contributed by atoms with E-state index >= 15 is 0 Å². The molecule has 0 aliphatic rings. The maximum Gasteiger partial charge on any atom is 0.193 e. The second kappa shape index (κ2) is 11.3. The van der Waals surface area contributed by atoms with Gasteiger partial charge in [-0.1, -0.05) is 43.8 Å². The summed E-state index contributed by atoms with van der Waals surface area (Å²) in [6, 6.07) is 9.80. The number of hydrogen-bond acceptors (Lipinski definition) is 4. The number of hydrogen-bond donors (Lipinski definition) is 2. The zero-order valence-electron chi connectivity index (χ0n) is 15.0. The maximum absolute atomic E-state index is 5.91. The number of halogens is 1. The van der Waals surface area contributed by atoms with Crippen LogP contribution in [0, 0.1) is 5.92 Å². The summed E-state index contributed by atoms with van der Waals surface area (Å²) in [5.41, 5.74) is 6.85. The molecule has 0 saturated carbocycles. The van der Waals surface area contributed by atoms with E-state index in [4.69, 9.17) is 5.73 Å².